The van der Waals surface area contributed by atoms with Gasteiger partial charge in [-0.25, -0.2) is 0 Å². The summed E-state index contributed by atoms with van der Waals surface area (Å²) in [6.07, 6.45) is 0. The van der Waals surface area contributed by atoms with E-state index < -0.39 is 0 Å². The molecule has 1 aromatic rings. The van der Waals surface area contributed by atoms with Crippen LogP contribution in [0.2, 0.25) is 0 Å². The Balaban J connectivity index is 2.70. The predicted octanol–water partition coefficient (Wildman–Crippen LogP) is 1.77. The molecule has 0 radical (unpaired) electrons. The van der Waals surface area contributed by atoms with Crippen LogP contribution in [0.1, 0.15) is 35.3 Å². The van der Waals surface area contributed by atoms with Crippen LogP contribution in [0.3, 0.4) is 0 Å². The predicted molar refractivity (Wildman–Crippen MR) is 66.5 cm³/mol. The van der Waals surface area contributed by atoms with Crippen molar-refractivity contribution < 1.29 is 4.79 Å². The summed E-state index contributed by atoms with van der Waals surface area (Å²) in [5, 5.41) is 2.82. The maximum atomic E-state index is 11.8. The summed E-state index contributed by atoms with van der Waals surface area (Å²) >= 11 is 0. The van der Waals surface area contributed by atoms with E-state index in [1.165, 1.54) is 5.56 Å². The van der Waals surface area contributed by atoms with Crippen molar-refractivity contribution >= 4 is 5.91 Å². The minimum Gasteiger partial charge on any atom is -0.350 e. The molecule has 1 rings (SSSR count). The van der Waals surface area contributed by atoms with Crippen molar-refractivity contribution in [1.29, 1.82) is 0 Å². The van der Waals surface area contributed by atoms with Gasteiger partial charge >= 0.3 is 0 Å². The lowest BCUT2D eigenvalue weighted by atomic mass is 10.0. The topological polar surface area (TPSA) is 55.1 Å². The van der Waals surface area contributed by atoms with E-state index in [1.807, 2.05) is 45.9 Å². The molecule has 0 saturated heterocycles. The Hall–Kier alpha value is -1.35. The second-order valence-electron chi connectivity index (χ2n) is 4.97. The average Bonchev–Trinajstić information content (AvgIpc) is 2.17. The van der Waals surface area contributed by atoms with Gasteiger partial charge in [0.1, 0.15) is 0 Å². The monoisotopic (exact) mass is 220 g/mol. The summed E-state index contributed by atoms with van der Waals surface area (Å²) in [6.45, 7) is 8.26. The van der Waals surface area contributed by atoms with Crippen LogP contribution >= 0.6 is 0 Å². The lowest BCUT2D eigenvalue weighted by molar-refractivity contribution is 0.0946. The van der Waals surface area contributed by atoms with Crippen LogP contribution in [-0.2, 0) is 0 Å². The lowest BCUT2D eigenvalue weighted by Gasteiger charge is -2.19. The van der Waals surface area contributed by atoms with E-state index >= 15 is 0 Å². The van der Waals surface area contributed by atoms with Crippen LogP contribution in [0, 0.1) is 13.8 Å². The van der Waals surface area contributed by atoms with Gasteiger partial charge in [0.2, 0.25) is 0 Å². The molecule has 0 heterocycles. The van der Waals surface area contributed by atoms with Gasteiger partial charge in [-0.1, -0.05) is 6.07 Å². The Morgan fingerprint density at radius 3 is 2.44 bits per heavy atom. The van der Waals surface area contributed by atoms with Crippen LogP contribution in [0.4, 0.5) is 0 Å². The zero-order valence-electron chi connectivity index (χ0n) is 10.4. The van der Waals surface area contributed by atoms with E-state index in [9.17, 15) is 4.79 Å². The largest absolute Gasteiger partial charge is 0.350 e. The summed E-state index contributed by atoms with van der Waals surface area (Å²) in [6, 6.07) is 5.69. The van der Waals surface area contributed by atoms with E-state index in [2.05, 4.69) is 5.32 Å². The highest BCUT2D eigenvalue weighted by Crippen LogP contribution is 2.09. The van der Waals surface area contributed by atoms with Gasteiger partial charge in [0, 0.05) is 17.6 Å². The van der Waals surface area contributed by atoms with Crippen molar-refractivity contribution in [1.82, 2.24) is 5.32 Å². The first-order chi connectivity index (χ1) is 7.29. The van der Waals surface area contributed by atoms with Crippen molar-refractivity contribution in [3.05, 3.63) is 34.9 Å². The molecule has 0 spiro atoms. The molecule has 0 aliphatic heterocycles. The molecule has 16 heavy (non-hydrogen) atoms. The van der Waals surface area contributed by atoms with Crippen molar-refractivity contribution in [3.8, 4) is 0 Å². The molecular formula is C13H20N2O. The first-order valence-electron chi connectivity index (χ1n) is 5.44. The molecule has 0 saturated carbocycles. The number of nitrogens with one attached hydrogen (secondary N) is 1. The SMILES string of the molecule is Cc1ccc(C(=O)NCC(C)(C)N)cc1C. The molecular weight excluding hydrogens is 200 g/mol. The molecule has 0 aliphatic rings. The number of amides is 1. The minimum absolute atomic E-state index is 0.0679. The second kappa shape index (κ2) is 4.66. The number of benzene rings is 1. The number of nitrogens with two attached hydrogens (primary N) is 1. The molecule has 0 aliphatic carbocycles. The fourth-order valence-electron chi connectivity index (χ4n) is 1.29. The quantitative estimate of drug-likeness (QED) is 0.815. The molecule has 3 N–H and O–H groups in total. The molecule has 0 bridgehead atoms. The van der Waals surface area contributed by atoms with Crippen LogP contribution in [0.15, 0.2) is 18.2 Å². The van der Waals surface area contributed by atoms with Gasteiger partial charge < -0.3 is 11.1 Å². The zero-order chi connectivity index (χ0) is 12.3. The molecule has 88 valence electrons. The molecule has 0 aromatic heterocycles. The second-order valence-corrected chi connectivity index (χ2v) is 4.97. The zero-order valence-corrected chi connectivity index (χ0v) is 10.4. The normalized spacial score (nSPS) is 11.3. The molecule has 0 unspecified atom stereocenters. The van der Waals surface area contributed by atoms with Crippen molar-refractivity contribution in [2.45, 2.75) is 33.2 Å². The molecule has 1 aromatic carbocycles. The first-order valence-corrected chi connectivity index (χ1v) is 5.44. The van der Waals surface area contributed by atoms with Crippen molar-refractivity contribution in [3.63, 3.8) is 0 Å². The molecule has 0 atom stereocenters. The third kappa shape index (κ3) is 3.66. The maximum Gasteiger partial charge on any atom is 0.251 e. The van der Waals surface area contributed by atoms with Gasteiger partial charge in [-0.15, -0.1) is 0 Å². The van der Waals surface area contributed by atoms with Crippen LogP contribution in [0.5, 0.6) is 0 Å². The summed E-state index contributed by atoms with van der Waals surface area (Å²) in [5.41, 5.74) is 8.42. The maximum absolute atomic E-state index is 11.8. The van der Waals surface area contributed by atoms with Gasteiger partial charge in [0.05, 0.1) is 0 Å². The standard InChI is InChI=1S/C13H20N2O/c1-9-5-6-11(7-10(9)2)12(16)15-8-13(3,4)14/h5-7H,8,14H2,1-4H3,(H,15,16). The summed E-state index contributed by atoms with van der Waals surface area (Å²) in [5.74, 6) is -0.0679. The van der Waals surface area contributed by atoms with Gasteiger partial charge in [0.25, 0.3) is 5.91 Å². The van der Waals surface area contributed by atoms with E-state index in [0.717, 1.165) is 5.56 Å². The Morgan fingerprint density at radius 2 is 1.94 bits per heavy atom. The number of hydrogen-bond acceptors (Lipinski definition) is 2. The number of hydrogen-bond donors (Lipinski definition) is 2. The highest BCUT2D eigenvalue weighted by atomic mass is 16.1. The third-order valence-corrected chi connectivity index (χ3v) is 2.47. The highest BCUT2D eigenvalue weighted by Gasteiger charge is 2.13. The van der Waals surface area contributed by atoms with Crippen molar-refractivity contribution in [2.75, 3.05) is 6.54 Å². The van der Waals surface area contributed by atoms with E-state index in [-0.39, 0.29) is 11.4 Å². The smallest absolute Gasteiger partial charge is 0.251 e. The highest BCUT2D eigenvalue weighted by molar-refractivity contribution is 5.94. The van der Waals surface area contributed by atoms with E-state index in [4.69, 9.17) is 5.73 Å². The fourth-order valence-corrected chi connectivity index (χ4v) is 1.29. The van der Waals surface area contributed by atoms with Gasteiger partial charge in [-0.2, -0.15) is 0 Å². The Kier molecular flexibility index (Phi) is 3.70. The Morgan fingerprint density at radius 1 is 1.31 bits per heavy atom. The number of rotatable bonds is 3. The Bertz CT molecular complexity index is 391. The van der Waals surface area contributed by atoms with Gasteiger partial charge in [0.15, 0.2) is 0 Å². The average molecular weight is 220 g/mol. The Labute approximate surface area is 97.0 Å². The van der Waals surface area contributed by atoms with Crippen LogP contribution < -0.4 is 11.1 Å². The summed E-state index contributed by atoms with van der Waals surface area (Å²) < 4.78 is 0. The summed E-state index contributed by atoms with van der Waals surface area (Å²) in [4.78, 5) is 11.8. The van der Waals surface area contributed by atoms with Gasteiger partial charge in [-0.3, -0.25) is 4.79 Å². The lowest BCUT2D eigenvalue weighted by Crippen LogP contribution is -2.45. The van der Waals surface area contributed by atoms with Crippen LogP contribution in [-0.4, -0.2) is 18.0 Å². The molecule has 1 amide bonds. The third-order valence-electron chi connectivity index (χ3n) is 2.47. The summed E-state index contributed by atoms with van der Waals surface area (Å²) in [7, 11) is 0. The number of carbonyl (C=O) groups excluding carboxylic acids is 1. The molecule has 0 fully saturated rings. The number of aryl methyl sites for hydroxylation is 2. The molecule has 3 nitrogen and oxygen atoms in total. The fraction of sp³-hybridized carbons (Fsp3) is 0.462. The molecule has 3 heteroatoms. The van der Waals surface area contributed by atoms with Crippen molar-refractivity contribution in [2.24, 2.45) is 5.73 Å². The van der Waals surface area contributed by atoms with E-state index in [1.54, 1.807) is 0 Å². The number of carbonyl (C=O) groups is 1. The van der Waals surface area contributed by atoms with E-state index in [0.29, 0.717) is 12.1 Å². The van der Waals surface area contributed by atoms with Crippen LogP contribution in [0.25, 0.3) is 0 Å². The first kappa shape index (κ1) is 12.7. The van der Waals surface area contributed by atoms with Gasteiger partial charge in [-0.05, 0) is 51.0 Å². The minimum atomic E-state index is -0.380.